The van der Waals surface area contributed by atoms with Crippen LogP contribution in [0.25, 0.3) is 0 Å². The molecule has 0 heterocycles. The fraction of sp³-hybridized carbons (Fsp3) is 0.700. The number of hydrogen-bond donors (Lipinski definition) is 1. The normalized spacial score (nSPS) is 23.9. The third-order valence-electron chi connectivity index (χ3n) is 2.59. The summed E-state index contributed by atoms with van der Waals surface area (Å²) in [6, 6.07) is 0. The van der Waals surface area contributed by atoms with Crippen molar-refractivity contribution in [2.45, 2.75) is 33.1 Å². The van der Waals surface area contributed by atoms with Crippen LogP contribution in [0, 0.1) is 11.8 Å². The molecule has 68 valence electrons. The van der Waals surface area contributed by atoms with Crippen molar-refractivity contribution in [3.8, 4) is 0 Å². The average molecular weight is 167 g/mol. The summed E-state index contributed by atoms with van der Waals surface area (Å²) >= 11 is 0. The standard InChI is InChI=1S/C10H17NO/c1-7(2)8-3-5-9(6-4-8)10(11)12/h3,7,9H,4-6H2,1-2H3,(H2,11,12). The van der Waals surface area contributed by atoms with Crippen molar-refractivity contribution in [1.29, 1.82) is 0 Å². The van der Waals surface area contributed by atoms with Gasteiger partial charge in [0.1, 0.15) is 0 Å². The van der Waals surface area contributed by atoms with E-state index in [2.05, 4.69) is 19.9 Å². The van der Waals surface area contributed by atoms with E-state index in [-0.39, 0.29) is 11.8 Å². The average Bonchev–Trinajstić information content (AvgIpc) is 2.04. The molecule has 0 saturated heterocycles. The molecule has 1 atom stereocenters. The number of hydrogen-bond acceptors (Lipinski definition) is 1. The van der Waals surface area contributed by atoms with Gasteiger partial charge in [-0.25, -0.2) is 0 Å². The fourth-order valence-electron chi connectivity index (χ4n) is 1.64. The molecule has 1 rings (SSSR count). The highest BCUT2D eigenvalue weighted by Gasteiger charge is 2.19. The zero-order chi connectivity index (χ0) is 9.14. The first-order valence-electron chi connectivity index (χ1n) is 4.59. The molecule has 2 nitrogen and oxygen atoms in total. The van der Waals surface area contributed by atoms with Gasteiger partial charge in [-0.3, -0.25) is 4.79 Å². The molecule has 0 aromatic carbocycles. The van der Waals surface area contributed by atoms with Crippen LogP contribution < -0.4 is 5.73 Å². The van der Waals surface area contributed by atoms with Crippen molar-refractivity contribution in [2.75, 3.05) is 0 Å². The Bertz CT molecular complexity index is 206. The lowest BCUT2D eigenvalue weighted by molar-refractivity contribution is -0.122. The highest BCUT2D eigenvalue weighted by molar-refractivity contribution is 5.77. The Morgan fingerprint density at radius 2 is 2.33 bits per heavy atom. The predicted molar refractivity (Wildman–Crippen MR) is 49.5 cm³/mol. The van der Waals surface area contributed by atoms with Crippen molar-refractivity contribution in [3.05, 3.63) is 11.6 Å². The summed E-state index contributed by atoms with van der Waals surface area (Å²) in [7, 11) is 0. The quantitative estimate of drug-likeness (QED) is 0.627. The fourth-order valence-corrected chi connectivity index (χ4v) is 1.64. The number of nitrogens with two attached hydrogens (primary N) is 1. The minimum absolute atomic E-state index is 0.0903. The first-order chi connectivity index (χ1) is 5.61. The smallest absolute Gasteiger partial charge is 0.220 e. The van der Waals surface area contributed by atoms with Crippen LogP contribution in [-0.2, 0) is 4.79 Å². The van der Waals surface area contributed by atoms with E-state index in [1.165, 1.54) is 5.57 Å². The van der Waals surface area contributed by atoms with E-state index in [0.717, 1.165) is 19.3 Å². The second kappa shape index (κ2) is 3.74. The van der Waals surface area contributed by atoms with Crippen LogP contribution in [0.5, 0.6) is 0 Å². The number of primary amides is 1. The lowest BCUT2D eigenvalue weighted by Gasteiger charge is -2.21. The maximum absolute atomic E-state index is 10.8. The second-order valence-electron chi connectivity index (χ2n) is 3.81. The molecular weight excluding hydrogens is 150 g/mol. The van der Waals surface area contributed by atoms with Crippen LogP contribution in [0.4, 0.5) is 0 Å². The first-order valence-corrected chi connectivity index (χ1v) is 4.59. The van der Waals surface area contributed by atoms with Gasteiger partial charge >= 0.3 is 0 Å². The molecule has 2 N–H and O–H groups in total. The lowest BCUT2D eigenvalue weighted by atomic mass is 9.85. The molecule has 12 heavy (non-hydrogen) atoms. The Morgan fingerprint density at radius 1 is 1.67 bits per heavy atom. The molecule has 0 radical (unpaired) electrons. The molecule has 0 saturated carbocycles. The number of carbonyl (C=O) groups excluding carboxylic acids is 1. The molecule has 0 spiro atoms. The molecule has 1 amide bonds. The van der Waals surface area contributed by atoms with E-state index in [1.807, 2.05) is 0 Å². The molecule has 2 heteroatoms. The number of rotatable bonds is 2. The monoisotopic (exact) mass is 167 g/mol. The highest BCUT2D eigenvalue weighted by atomic mass is 16.1. The summed E-state index contributed by atoms with van der Waals surface area (Å²) < 4.78 is 0. The van der Waals surface area contributed by atoms with Gasteiger partial charge in [-0.2, -0.15) is 0 Å². The number of carbonyl (C=O) groups is 1. The van der Waals surface area contributed by atoms with Crippen molar-refractivity contribution in [3.63, 3.8) is 0 Å². The van der Waals surface area contributed by atoms with Gasteiger partial charge in [0.25, 0.3) is 0 Å². The summed E-state index contributed by atoms with van der Waals surface area (Å²) in [5.74, 6) is 0.570. The molecule has 0 bridgehead atoms. The summed E-state index contributed by atoms with van der Waals surface area (Å²) in [6.45, 7) is 4.38. The van der Waals surface area contributed by atoms with Gasteiger partial charge in [0.05, 0.1) is 0 Å². The Labute approximate surface area is 73.8 Å². The summed E-state index contributed by atoms with van der Waals surface area (Å²) in [6.07, 6.45) is 5.02. The van der Waals surface area contributed by atoms with Crippen molar-refractivity contribution < 1.29 is 4.79 Å². The lowest BCUT2D eigenvalue weighted by Crippen LogP contribution is -2.25. The molecule has 1 aliphatic rings. The Balaban J connectivity index is 2.53. The Morgan fingerprint density at radius 3 is 2.67 bits per heavy atom. The summed E-state index contributed by atoms with van der Waals surface area (Å²) in [4.78, 5) is 10.8. The van der Waals surface area contributed by atoms with E-state index < -0.39 is 0 Å². The van der Waals surface area contributed by atoms with E-state index >= 15 is 0 Å². The van der Waals surface area contributed by atoms with Crippen molar-refractivity contribution in [1.82, 2.24) is 0 Å². The van der Waals surface area contributed by atoms with Crippen LogP contribution in [0.15, 0.2) is 11.6 Å². The molecule has 0 fully saturated rings. The van der Waals surface area contributed by atoms with Gasteiger partial charge in [-0.1, -0.05) is 25.5 Å². The second-order valence-corrected chi connectivity index (χ2v) is 3.81. The third kappa shape index (κ3) is 2.10. The van der Waals surface area contributed by atoms with E-state index in [9.17, 15) is 4.79 Å². The molecular formula is C10H17NO. The number of allylic oxidation sites excluding steroid dienone is 2. The van der Waals surface area contributed by atoms with E-state index in [0.29, 0.717) is 5.92 Å². The highest BCUT2D eigenvalue weighted by Crippen LogP contribution is 2.27. The van der Waals surface area contributed by atoms with Crippen LogP contribution in [0.2, 0.25) is 0 Å². The molecule has 1 unspecified atom stereocenters. The predicted octanol–water partition coefficient (Wildman–Crippen LogP) is 1.85. The Hall–Kier alpha value is -0.790. The van der Waals surface area contributed by atoms with Crippen molar-refractivity contribution in [2.24, 2.45) is 17.6 Å². The third-order valence-corrected chi connectivity index (χ3v) is 2.59. The van der Waals surface area contributed by atoms with Gasteiger partial charge in [0.2, 0.25) is 5.91 Å². The van der Waals surface area contributed by atoms with Gasteiger partial charge in [-0.05, 0) is 25.2 Å². The summed E-state index contributed by atoms with van der Waals surface area (Å²) in [5.41, 5.74) is 6.70. The Kier molecular flexibility index (Phi) is 2.90. The SMILES string of the molecule is CC(C)C1=CCC(C(N)=O)CC1. The topological polar surface area (TPSA) is 43.1 Å². The van der Waals surface area contributed by atoms with Crippen LogP contribution >= 0.6 is 0 Å². The number of amides is 1. The van der Waals surface area contributed by atoms with Crippen molar-refractivity contribution >= 4 is 5.91 Å². The molecule has 1 aliphatic carbocycles. The van der Waals surface area contributed by atoms with Crippen LogP contribution in [0.3, 0.4) is 0 Å². The zero-order valence-electron chi connectivity index (χ0n) is 7.84. The minimum Gasteiger partial charge on any atom is -0.369 e. The van der Waals surface area contributed by atoms with Gasteiger partial charge in [0.15, 0.2) is 0 Å². The zero-order valence-corrected chi connectivity index (χ0v) is 7.84. The maximum Gasteiger partial charge on any atom is 0.220 e. The van der Waals surface area contributed by atoms with E-state index in [4.69, 9.17) is 5.73 Å². The molecule has 0 aromatic heterocycles. The molecule has 0 aromatic rings. The van der Waals surface area contributed by atoms with Gasteiger partial charge in [0, 0.05) is 5.92 Å². The first kappa shape index (κ1) is 9.30. The van der Waals surface area contributed by atoms with Gasteiger partial charge in [-0.15, -0.1) is 0 Å². The van der Waals surface area contributed by atoms with E-state index in [1.54, 1.807) is 0 Å². The van der Waals surface area contributed by atoms with Gasteiger partial charge < -0.3 is 5.73 Å². The minimum atomic E-state index is -0.144. The molecule has 0 aliphatic heterocycles. The summed E-state index contributed by atoms with van der Waals surface area (Å²) in [5, 5.41) is 0. The van der Waals surface area contributed by atoms with Crippen LogP contribution in [-0.4, -0.2) is 5.91 Å². The largest absolute Gasteiger partial charge is 0.369 e. The van der Waals surface area contributed by atoms with Crippen LogP contribution in [0.1, 0.15) is 33.1 Å². The maximum atomic E-state index is 10.8.